The number of hydrogen-bond acceptors (Lipinski definition) is 8. The van der Waals surface area contributed by atoms with Crippen LogP contribution in [0.15, 0.2) is 42.5 Å². The molecule has 2 aromatic rings. The minimum Gasteiger partial charge on any atom is -0.493 e. The highest BCUT2D eigenvalue weighted by molar-refractivity contribution is 5.89. The van der Waals surface area contributed by atoms with Gasteiger partial charge in [0.2, 0.25) is 0 Å². The molecule has 0 amide bonds. The fourth-order valence-corrected chi connectivity index (χ4v) is 3.87. The van der Waals surface area contributed by atoms with Gasteiger partial charge >= 0.3 is 11.9 Å². The van der Waals surface area contributed by atoms with Crippen LogP contribution in [-0.2, 0) is 26.1 Å². The van der Waals surface area contributed by atoms with Crippen molar-refractivity contribution in [3.05, 3.63) is 59.2 Å². The number of benzene rings is 2. The summed E-state index contributed by atoms with van der Waals surface area (Å²) in [6.07, 6.45) is 1.70. The molecular weight excluding hydrogens is 448 g/mol. The molecule has 1 atom stereocenters. The van der Waals surface area contributed by atoms with Crippen LogP contribution in [0.2, 0.25) is 0 Å². The molecular formula is C27H34N2O6. The number of ether oxygens (including phenoxy) is 4. The van der Waals surface area contributed by atoms with Gasteiger partial charge in [0.25, 0.3) is 0 Å². The normalized spacial score (nSPS) is 12.4. The number of carbonyl (C=O) groups excluding carboxylic acids is 2. The zero-order valence-electron chi connectivity index (χ0n) is 21.1. The number of esters is 2. The van der Waals surface area contributed by atoms with Gasteiger partial charge in [-0.2, -0.15) is 5.26 Å². The standard InChI is InChI=1S/C27H34N2O6/c1-6-35-25(30)21-10-8-20(9-11-21)14-17-29(2)16-7-15-27(19-28,26(31)34-5)22-12-13-23(32-3)24(18-22)33-4/h8-13,18H,6-7,14-17H2,1-5H3. The Morgan fingerprint density at radius 2 is 1.69 bits per heavy atom. The molecule has 0 aliphatic carbocycles. The van der Waals surface area contributed by atoms with E-state index in [1.807, 2.05) is 19.2 Å². The van der Waals surface area contributed by atoms with Crippen LogP contribution in [-0.4, -0.2) is 64.9 Å². The second kappa shape index (κ2) is 13.4. The van der Waals surface area contributed by atoms with E-state index in [1.54, 1.807) is 37.3 Å². The van der Waals surface area contributed by atoms with Gasteiger partial charge in [-0.3, -0.25) is 0 Å². The van der Waals surface area contributed by atoms with Crippen molar-refractivity contribution >= 4 is 11.9 Å². The zero-order valence-corrected chi connectivity index (χ0v) is 21.1. The van der Waals surface area contributed by atoms with Gasteiger partial charge in [-0.05, 0) is 75.2 Å². The molecule has 2 aromatic carbocycles. The number of nitriles is 1. The Balaban J connectivity index is 2.01. The SMILES string of the molecule is CCOC(=O)c1ccc(CCN(C)CCCC(C#N)(C(=O)OC)c2ccc(OC)c(OC)c2)cc1. The Hall–Kier alpha value is -3.57. The van der Waals surface area contributed by atoms with E-state index in [2.05, 4.69) is 11.0 Å². The smallest absolute Gasteiger partial charge is 0.338 e. The van der Waals surface area contributed by atoms with Crippen molar-refractivity contribution in [2.75, 3.05) is 48.1 Å². The fraction of sp³-hybridized carbons (Fsp3) is 0.444. The third kappa shape index (κ3) is 6.96. The molecule has 0 aliphatic heterocycles. The summed E-state index contributed by atoms with van der Waals surface area (Å²) < 4.78 is 20.7. The van der Waals surface area contributed by atoms with Gasteiger partial charge in [0, 0.05) is 6.54 Å². The number of methoxy groups -OCH3 is 3. The van der Waals surface area contributed by atoms with Gasteiger partial charge in [0.15, 0.2) is 16.9 Å². The van der Waals surface area contributed by atoms with Crippen LogP contribution in [0.25, 0.3) is 0 Å². The maximum absolute atomic E-state index is 12.8. The topological polar surface area (TPSA) is 98.1 Å². The van der Waals surface area contributed by atoms with E-state index < -0.39 is 11.4 Å². The van der Waals surface area contributed by atoms with Crippen LogP contribution in [0.5, 0.6) is 11.5 Å². The monoisotopic (exact) mass is 482 g/mol. The van der Waals surface area contributed by atoms with Gasteiger partial charge in [-0.25, -0.2) is 9.59 Å². The predicted molar refractivity (Wildman–Crippen MR) is 132 cm³/mol. The summed E-state index contributed by atoms with van der Waals surface area (Å²) in [6, 6.07) is 14.6. The summed E-state index contributed by atoms with van der Waals surface area (Å²) in [5.41, 5.74) is 0.706. The van der Waals surface area contributed by atoms with Crippen molar-refractivity contribution in [3.8, 4) is 17.6 Å². The van der Waals surface area contributed by atoms with Crippen LogP contribution >= 0.6 is 0 Å². The molecule has 188 valence electrons. The van der Waals surface area contributed by atoms with E-state index in [4.69, 9.17) is 18.9 Å². The van der Waals surface area contributed by atoms with Crippen molar-refractivity contribution < 1.29 is 28.5 Å². The first-order valence-corrected chi connectivity index (χ1v) is 11.5. The molecule has 0 saturated carbocycles. The molecule has 0 aliphatic rings. The van der Waals surface area contributed by atoms with E-state index >= 15 is 0 Å². The Bertz CT molecular complexity index is 1030. The third-order valence-electron chi connectivity index (χ3n) is 5.94. The Labute approximate surface area is 207 Å². The van der Waals surface area contributed by atoms with E-state index in [0.717, 1.165) is 18.5 Å². The number of nitrogens with zero attached hydrogens (tertiary/aromatic N) is 2. The summed E-state index contributed by atoms with van der Waals surface area (Å²) in [4.78, 5) is 26.7. The largest absolute Gasteiger partial charge is 0.493 e. The van der Waals surface area contributed by atoms with Gasteiger partial charge in [-0.15, -0.1) is 0 Å². The minimum atomic E-state index is -1.45. The van der Waals surface area contributed by atoms with E-state index in [1.165, 1.54) is 21.3 Å². The average molecular weight is 483 g/mol. The second-order valence-corrected chi connectivity index (χ2v) is 8.15. The van der Waals surface area contributed by atoms with Crippen LogP contribution in [0.4, 0.5) is 0 Å². The average Bonchev–Trinajstić information content (AvgIpc) is 2.89. The van der Waals surface area contributed by atoms with Crippen molar-refractivity contribution in [2.24, 2.45) is 0 Å². The molecule has 0 radical (unpaired) electrons. The number of carbonyl (C=O) groups is 2. The maximum atomic E-state index is 12.8. The molecule has 0 N–H and O–H groups in total. The Morgan fingerprint density at radius 1 is 1.00 bits per heavy atom. The summed E-state index contributed by atoms with van der Waals surface area (Å²) in [5, 5.41) is 10.1. The molecule has 8 nitrogen and oxygen atoms in total. The lowest BCUT2D eigenvalue weighted by atomic mass is 9.77. The molecule has 0 saturated heterocycles. The lowest BCUT2D eigenvalue weighted by Gasteiger charge is -2.26. The van der Waals surface area contributed by atoms with Crippen LogP contribution < -0.4 is 9.47 Å². The summed E-state index contributed by atoms with van der Waals surface area (Å²) in [7, 11) is 6.32. The van der Waals surface area contributed by atoms with Crippen LogP contribution in [0, 0.1) is 11.3 Å². The van der Waals surface area contributed by atoms with Crippen molar-refractivity contribution in [3.63, 3.8) is 0 Å². The molecule has 8 heteroatoms. The van der Waals surface area contributed by atoms with Crippen LogP contribution in [0.3, 0.4) is 0 Å². The zero-order chi connectivity index (χ0) is 25.8. The lowest BCUT2D eigenvalue weighted by Crippen LogP contribution is -2.36. The first-order chi connectivity index (χ1) is 16.8. The summed E-state index contributed by atoms with van der Waals surface area (Å²) >= 11 is 0. The molecule has 0 aromatic heterocycles. The quantitative estimate of drug-likeness (QED) is 0.398. The first kappa shape index (κ1) is 27.7. The molecule has 0 bridgehead atoms. The first-order valence-electron chi connectivity index (χ1n) is 11.5. The molecule has 35 heavy (non-hydrogen) atoms. The Morgan fingerprint density at radius 3 is 2.26 bits per heavy atom. The molecule has 0 heterocycles. The highest BCUT2D eigenvalue weighted by Crippen LogP contribution is 2.36. The van der Waals surface area contributed by atoms with Gasteiger partial charge in [-0.1, -0.05) is 18.2 Å². The molecule has 0 spiro atoms. The molecule has 2 rings (SSSR count). The highest BCUT2D eigenvalue weighted by atomic mass is 16.5. The highest BCUT2D eigenvalue weighted by Gasteiger charge is 2.42. The lowest BCUT2D eigenvalue weighted by molar-refractivity contribution is -0.145. The van der Waals surface area contributed by atoms with Gasteiger partial charge in [0.1, 0.15) is 0 Å². The summed E-state index contributed by atoms with van der Waals surface area (Å²) in [5.74, 6) is 0.0383. The fourth-order valence-electron chi connectivity index (χ4n) is 3.87. The molecule has 0 fully saturated rings. The number of hydrogen-bond donors (Lipinski definition) is 0. The maximum Gasteiger partial charge on any atom is 0.338 e. The van der Waals surface area contributed by atoms with Gasteiger partial charge in [0.05, 0.1) is 39.6 Å². The van der Waals surface area contributed by atoms with Crippen LogP contribution in [0.1, 0.15) is 41.3 Å². The van der Waals surface area contributed by atoms with Crippen molar-refractivity contribution in [2.45, 2.75) is 31.6 Å². The third-order valence-corrected chi connectivity index (χ3v) is 5.94. The van der Waals surface area contributed by atoms with Crippen molar-refractivity contribution in [1.29, 1.82) is 5.26 Å². The minimum absolute atomic E-state index is 0.296. The van der Waals surface area contributed by atoms with Crippen molar-refractivity contribution in [1.82, 2.24) is 4.90 Å². The second-order valence-electron chi connectivity index (χ2n) is 8.15. The molecule has 1 unspecified atom stereocenters. The van der Waals surface area contributed by atoms with E-state index in [0.29, 0.717) is 48.6 Å². The Kier molecular flexibility index (Phi) is 10.6. The summed E-state index contributed by atoms with van der Waals surface area (Å²) in [6.45, 7) is 3.60. The number of rotatable bonds is 13. The number of likely N-dealkylation sites (N-methyl/N-ethyl adjacent to an activating group) is 1. The van der Waals surface area contributed by atoms with E-state index in [9.17, 15) is 14.9 Å². The predicted octanol–water partition coefficient (Wildman–Crippen LogP) is 3.77. The van der Waals surface area contributed by atoms with Gasteiger partial charge < -0.3 is 23.8 Å². The van der Waals surface area contributed by atoms with E-state index in [-0.39, 0.29) is 5.97 Å².